The number of ether oxygens (including phenoxy) is 1. The lowest BCUT2D eigenvalue weighted by Crippen LogP contribution is -2.32. The number of alkyl halides is 3. The van der Waals surface area contributed by atoms with Crippen LogP contribution in [0.4, 0.5) is 13.2 Å². The number of halogens is 3. The zero-order chi connectivity index (χ0) is 13.2. The van der Waals surface area contributed by atoms with Crippen LogP contribution in [0, 0.1) is 5.92 Å². The molecule has 2 rings (SSSR count). The first kappa shape index (κ1) is 13.2. The number of hydrogen-bond donors (Lipinski definition) is 1. The van der Waals surface area contributed by atoms with Gasteiger partial charge in [0.15, 0.2) is 0 Å². The van der Waals surface area contributed by atoms with E-state index in [9.17, 15) is 13.2 Å². The van der Waals surface area contributed by atoms with E-state index in [0.717, 1.165) is 19.4 Å². The summed E-state index contributed by atoms with van der Waals surface area (Å²) in [7, 11) is 0. The first-order valence-corrected chi connectivity index (χ1v) is 6.04. The summed E-state index contributed by atoms with van der Waals surface area (Å²) in [6.45, 7) is 2.95. The van der Waals surface area contributed by atoms with Crippen molar-refractivity contribution in [2.75, 3.05) is 6.54 Å². The Morgan fingerprint density at radius 2 is 1.94 bits per heavy atom. The fraction of sp³-hybridized carbons (Fsp3) is 0.538. The molecule has 2 nitrogen and oxygen atoms in total. The van der Waals surface area contributed by atoms with Crippen molar-refractivity contribution in [3.05, 3.63) is 29.8 Å². The van der Waals surface area contributed by atoms with Crippen molar-refractivity contribution in [3.8, 4) is 5.75 Å². The highest BCUT2D eigenvalue weighted by Crippen LogP contribution is 2.34. The van der Waals surface area contributed by atoms with E-state index in [4.69, 9.17) is 0 Å². The van der Waals surface area contributed by atoms with Gasteiger partial charge in [0.05, 0.1) is 0 Å². The Bertz CT molecular complexity index is 397. The SMILES string of the molecule is CC1CCC(c2ccccc2OC(F)(F)F)NC1. The Hall–Kier alpha value is -1.23. The number of rotatable bonds is 2. The predicted octanol–water partition coefficient (Wildman–Crippen LogP) is 3.65. The average Bonchev–Trinajstić information content (AvgIpc) is 2.29. The topological polar surface area (TPSA) is 21.3 Å². The molecule has 2 unspecified atom stereocenters. The van der Waals surface area contributed by atoms with Crippen LogP contribution in [0.3, 0.4) is 0 Å². The summed E-state index contributed by atoms with van der Waals surface area (Å²) in [5, 5.41) is 3.26. The van der Waals surface area contributed by atoms with E-state index in [1.54, 1.807) is 18.2 Å². The van der Waals surface area contributed by atoms with Crippen molar-refractivity contribution in [3.63, 3.8) is 0 Å². The Kier molecular flexibility index (Phi) is 3.80. The summed E-state index contributed by atoms with van der Waals surface area (Å²) in [5.74, 6) is 0.467. The minimum absolute atomic E-state index is 0.0558. The van der Waals surface area contributed by atoms with Gasteiger partial charge in [-0.1, -0.05) is 25.1 Å². The smallest absolute Gasteiger partial charge is 0.405 e. The van der Waals surface area contributed by atoms with Crippen LogP contribution in [0.25, 0.3) is 0 Å². The molecule has 18 heavy (non-hydrogen) atoms. The maximum Gasteiger partial charge on any atom is 0.573 e. The molecule has 1 fully saturated rings. The maximum atomic E-state index is 12.3. The van der Waals surface area contributed by atoms with Gasteiger partial charge in [0.25, 0.3) is 0 Å². The summed E-state index contributed by atoms with van der Waals surface area (Å²) >= 11 is 0. The molecular weight excluding hydrogens is 243 g/mol. The minimum Gasteiger partial charge on any atom is -0.405 e. The summed E-state index contributed by atoms with van der Waals surface area (Å²) in [4.78, 5) is 0. The van der Waals surface area contributed by atoms with Crippen molar-refractivity contribution in [1.29, 1.82) is 0 Å². The molecule has 1 aliphatic rings. The third-order valence-corrected chi connectivity index (χ3v) is 3.18. The Balaban J connectivity index is 2.17. The molecule has 1 aromatic rings. The fourth-order valence-corrected chi connectivity index (χ4v) is 2.25. The molecule has 1 saturated heterocycles. The Labute approximate surface area is 104 Å². The second-order valence-corrected chi connectivity index (χ2v) is 4.73. The molecule has 100 valence electrons. The fourth-order valence-electron chi connectivity index (χ4n) is 2.25. The molecule has 1 heterocycles. The Morgan fingerprint density at radius 3 is 2.56 bits per heavy atom. The van der Waals surface area contributed by atoms with Crippen LogP contribution in [0.5, 0.6) is 5.75 Å². The summed E-state index contributed by atoms with van der Waals surface area (Å²) in [5.41, 5.74) is 0.585. The van der Waals surface area contributed by atoms with Gasteiger partial charge in [-0.15, -0.1) is 13.2 Å². The van der Waals surface area contributed by atoms with Crippen molar-refractivity contribution >= 4 is 0 Å². The number of benzene rings is 1. The maximum absolute atomic E-state index is 12.3. The largest absolute Gasteiger partial charge is 0.573 e. The number of hydrogen-bond acceptors (Lipinski definition) is 2. The van der Waals surface area contributed by atoms with Gasteiger partial charge in [-0.3, -0.25) is 0 Å². The second kappa shape index (κ2) is 5.18. The van der Waals surface area contributed by atoms with Crippen LogP contribution in [-0.4, -0.2) is 12.9 Å². The number of piperidine rings is 1. The monoisotopic (exact) mass is 259 g/mol. The molecule has 0 aliphatic carbocycles. The van der Waals surface area contributed by atoms with Gasteiger partial charge in [-0.25, -0.2) is 0 Å². The van der Waals surface area contributed by atoms with E-state index in [-0.39, 0.29) is 11.8 Å². The standard InChI is InChI=1S/C13H16F3NO/c1-9-6-7-11(17-8-9)10-4-2-3-5-12(10)18-13(14,15)16/h2-5,9,11,17H,6-8H2,1H3. The molecule has 0 aromatic heterocycles. The van der Waals surface area contributed by atoms with Gasteiger partial charge in [-0.2, -0.15) is 0 Å². The number of nitrogens with one attached hydrogen (secondary N) is 1. The molecule has 0 radical (unpaired) electrons. The molecule has 0 amide bonds. The first-order valence-electron chi connectivity index (χ1n) is 6.04. The zero-order valence-corrected chi connectivity index (χ0v) is 10.1. The van der Waals surface area contributed by atoms with Crippen molar-refractivity contribution in [2.45, 2.75) is 32.2 Å². The lowest BCUT2D eigenvalue weighted by Gasteiger charge is -2.29. The van der Waals surface area contributed by atoms with E-state index in [1.807, 2.05) is 0 Å². The predicted molar refractivity (Wildman–Crippen MR) is 62.3 cm³/mol. The molecule has 2 atom stereocenters. The molecule has 1 aromatic carbocycles. The van der Waals surface area contributed by atoms with Gasteiger partial charge in [0.1, 0.15) is 5.75 Å². The lowest BCUT2D eigenvalue weighted by molar-refractivity contribution is -0.275. The van der Waals surface area contributed by atoms with Crippen molar-refractivity contribution < 1.29 is 17.9 Å². The summed E-state index contributed by atoms with van der Waals surface area (Å²) in [6, 6.07) is 6.28. The molecule has 0 saturated carbocycles. The van der Waals surface area contributed by atoms with Crippen LogP contribution in [0.15, 0.2) is 24.3 Å². The second-order valence-electron chi connectivity index (χ2n) is 4.73. The van der Waals surface area contributed by atoms with Crippen LogP contribution in [0.1, 0.15) is 31.4 Å². The molecule has 0 bridgehead atoms. The van der Waals surface area contributed by atoms with Gasteiger partial charge in [0, 0.05) is 11.6 Å². The van der Waals surface area contributed by atoms with Crippen LogP contribution >= 0.6 is 0 Å². The normalized spacial score (nSPS) is 24.9. The van der Waals surface area contributed by atoms with E-state index in [0.29, 0.717) is 11.5 Å². The zero-order valence-electron chi connectivity index (χ0n) is 10.1. The van der Waals surface area contributed by atoms with Crippen molar-refractivity contribution in [2.24, 2.45) is 5.92 Å². The average molecular weight is 259 g/mol. The first-order chi connectivity index (χ1) is 8.46. The highest BCUT2D eigenvalue weighted by atomic mass is 19.4. The summed E-state index contributed by atoms with van der Waals surface area (Å²) < 4.78 is 41.0. The quantitative estimate of drug-likeness (QED) is 0.875. The highest BCUT2D eigenvalue weighted by molar-refractivity contribution is 5.36. The van der Waals surface area contributed by atoms with E-state index in [1.165, 1.54) is 6.07 Å². The van der Waals surface area contributed by atoms with Gasteiger partial charge in [0.2, 0.25) is 0 Å². The van der Waals surface area contributed by atoms with Crippen LogP contribution in [0.2, 0.25) is 0 Å². The van der Waals surface area contributed by atoms with E-state index in [2.05, 4.69) is 17.0 Å². The molecule has 1 aliphatic heterocycles. The van der Waals surface area contributed by atoms with Gasteiger partial charge >= 0.3 is 6.36 Å². The van der Waals surface area contributed by atoms with E-state index >= 15 is 0 Å². The van der Waals surface area contributed by atoms with Crippen molar-refractivity contribution in [1.82, 2.24) is 5.32 Å². The van der Waals surface area contributed by atoms with Gasteiger partial charge < -0.3 is 10.1 Å². The summed E-state index contributed by atoms with van der Waals surface area (Å²) in [6.07, 6.45) is -2.80. The molecule has 5 heteroatoms. The van der Waals surface area contributed by atoms with E-state index < -0.39 is 6.36 Å². The molecule has 0 spiro atoms. The third-order valence-electron chi connectivity index (χ3n) is 3.18. The highest BCUT2D eigenvalue weighted by Gasteiger charge is 2.33. The minimum atomic E-state index is -4.64. The lowest BCUT2D eigenvalue weighted by atomic mass is 9.92. The van der Waals surface area contributed by atoms with Crippen LogP contribution < -0.4 is 10.1 Å². The number of para-hydroxylation sites is 1. The molecular formula is C13H16F3NO. The molecule has 1 N–H and O–H groups in total. The third kappa shape index (κ3) is 3.38. The van der Waals surface area contributed by atoms with Crippen LogP contribution in [-0.2, 0) is 0 Å². The van der Waals surface area contributed by atoms with Gasteiger partial charge in [-0.05, 0) is 31.4 Å². The Morgan fingerprint density at radius 1 is 1.22 bits per heavy atom.